The Bertz CT molecular complexity index is 164. The SMILES string of the molecule is CCCNC1CCCN(CC(O)CC)C1. The number of piperidine rings is 1. The van der Waals surface area contributed by atoms with Crippen molar-refractivity contribution in [1.82, 2.24) is 10.2 Å². The lowest BCUT2D eigenvalue weighted by Crippen LogP contribution is -2.47. The fraction of sp³-hybridized carbons (Fsp3) is 1.00. The van der Waals surface area contributed by atoms with Crippen LogP contribution in [-0.2, 0) is 0 Å². The predicted octanol–water partition coefficient (Wildman–Crippen LogP) is 1.22. The second-order valence-electron chi connectivity index (χ2n) is 4.61. The van der Waals surface area contributed by atoms with Crippen LogP contribution in [0.1, 0.15) is 39.5 Å². The zero-order valence-electron chi connectivity index (χ0n) is 10.2. The second-order valence-corrected chi connectivity index (χ2v) is 4.61. The molecule has 2 N–H and O–H groups in total. The van der Waals surface area contributed by atoms with E-state index in [4.69, 9.17) is 0 Å². The zero-order valence-corrected chi connectivity index (χ0v) is 10.2. The number of hydrogen-bond acceptors (Lipinski definition) is 3. The van der Waals surface area contributed by atoms with Crippen LogP contribution in [0.25, 0.3) is 0 Å². The Morgan fingerprint density at radius 1 is 1.47 bits per heavy atom. The maximum atomic E-state index is 9.61. The van der Waals surface area contributed by atoms with E-state index >= 15 is 0 Å². The van der Waals surface area contributed by atoms with Crippen molar-refractivity contribution in [2.45, 2.75) is 51.7 Å². The molecular formula is C12H26N2O. The molecular weight excluding hydrogens is 188 g/mol. The molecule has 0 amide bonds. The van der Waals surface area contributed by atoms with E-state index in [2.05, 4.69) is 17.1 Å². The van der Waals surface area contributed by atoms with E-state index in [1.54, 1.807) is 0 Å². The summed E-state index contributed by atoms with van der Waals surface area (Å²) in [6, 6.07) is 0.641. The largest absolute Gasteiger partial charge is 0.392 e. The third-order valence-electron chi connectivity index (χ3n) is 3.13. The number of likely N-dealkylation sites (tertiary alicyclic amines) is 1. The molecule has 1 rings (SSSR count). The van der Waals surface area contributed by atoms with Crippen LogP contribution in [0.2, 0.25) is 0 Å². The van der Waals surface area contributed by atoms with Crippen molar-refractivity contribution in [3.63, 3.8) is 0 Å². The minimum absolute atomic E-state index is 0.144. The van der Waals surface area contributed by atoms with Gasteiger partial charge >= 0.3 is 0 Å². The molecule has 3 heteroatoms. The van der Waals surface area contributed by atoms with Crippen molar-refractivity contribution in [2.24, 2.45) is 0 Å². The second kappa shape index (κ2) is 7.20. The van der Waals surface area contributed by atoms with Gasteiger partial charge in [-0.2, -0.15) is 0 Å². The maximum absolute atomic E-state index is 9.61. The molecule has 0 aliphatic carbocycles. The van der Waals surface area contributed by atoms with Crippen molar-refractivity contribution >= 4 is 0 Å². The number of nitrogens with zero attached hydrogens (tertiary/aromatic N) is 1. The average molecular weight is 214 g/mol. The number of β-amino-alcohol motifs (C(OH)–C–C–N with tert-alkyl or cyclic N) is 1. The summed E-state index contributed by atoms with van der Waals surface area (Å²) in [5.41, 5.74) is 0. The lowest BCUT2D eigenvalue weighted by atomic mass is 10.0. The lowest BCUT2D eigenvalue weighted by molar-refractivity contribution is 0.0888. The molecule has 1 aliphatic heterocycles. The maximum Gasteiger partial charge on any atom is 0.0664 e. The molecule has 0 bridgehead atoms. The van der Waals surface area contributed by atoms with Gasteiger partial charge in [-0.1, -0.05) is 13.8 Å². The van der Waals surface area contributed by atoms with Gasteiger partial charge in [0.15, 0.2) is 0 Å². The minimum atomic E-state index is -0.144. The first-order valence-corrected chi connectivity index (χ1v) is 6.40. The highest BCUT2D eigenvalue weighted by Crippen LogP contribution is 2.11. The van der Waals surface area contributed by atoms with Crippen LogP contribution in [0.15, 0.2) is 0 Å². The molecule has 0 saturated carbocycles. The molecule has 90 valence electrons. The van der Waals surface area contributed by atoms with Crippen LogP contribution < -0.4 is 5.32 Å². The van der Waals surface area contributed by atoms with Gasteiger partial charge in [-0.25, -0.2) is 0 Å². The van der Waals surface area contributed by atoms with Gasteiger partial charge in [-0.05, 0) is 38.8 Å². The van der Waals surface area contributed by atoms with Crippen LogP contribution >= 0.6 is 0 Å². The summed E-state index contributed by atoms with van der Waals surface area (Å²) in [4.78, 5) is 2.39. The summed E-state index contributed by atoms with van der Waals surface area (Å²) in [5.74, 6) is 0. The van der Waals surface area contributed by atoms with Gasteiger partial charge < -0.3 is 10.4 Å². The van der Waals surface area contributed by atoms with E-state index in [1.165, 1.54) is 19.3 Å². The Morgan fingerprint density at radius 2 is 2.27 bits per heavy atom. The number of aliphatic hydroxyl groups excluding tert-OH is 1. The van der Waals surface area contributed by atoms with Crippen molar-refractivity contribution in [3.8, 4) is 0 Å². The summed E-state index contributed by atoms with van der Waals surface area (Å²) < 4.78 is 0. The standard InChI is InChI=1S/C12H26N2O/c1-3-7-13-11-6-5-8-14(9-11)10-12(15)4-2/h11-13,15H,3-10H2,1-2H3. The first-order chi connectivity index (χ1) is 7.26. The molecule has 1 fully saturated rings. The van der Waals surface area contributed by atoms with Crippen LogP contribution in [0.5, 0.6) is 0 Å². The summed E-state index contributed by atoms with van der Waals surface area (Å²) in [7, 11) is 0. The highest BCUT2D eigenvalue weighted by Gasteiger charge is 2.20. The Labute approximate surface area is 93.9 Å². The molecule has 1 saturated heterocycles. The molecule has 1 aliphatic rings. The Kier molecular flexibility index (Phi) is 6.22. The van der Waals surface area contributed by atoms with Crippen molar-refractivity contribution in [3.05, 3.63) is 0 Å². The molecule has 0 aromatic rings. The van der Waals surface area contributed by atoms with Crippen molar-refractivity contribution in [2.75, 3.05) is 26.2 Å². The summed E-state index contributed by atoms with van der Waals surface area (Å²) in [6.07, 6.45) is 4.48. The van der Waals surface area contributed by atoms with E-state index in [-0.39, 0.29) is 6.10 Å². The molecule has 2 atom stereocenters. The first-order valence-electron chi connectivity index (χ1n) is 6.40. The van der Waals surface area contributed by atoms with E-state index in [0.29, 0.717) is 6.04 Å². The van der Waals surface area contributed by atoms with Crippen molar-refractivity contribution < 1.29 is 5.11 Å². The van der Waals surface area contributed by atoms with E-state index in [9.17, 15) is 5.11 Å². The van der Waals surface area contributed by atoms with Crippen LogP contribution in [0.4, 0.5) is 0 Å². The van der Waals surface area contributed by atoms with Gasteiger partial charge in [0, 0.05) is 19.1 Å². The normalized spacial score (nSPS) is 25.4. The monoisotopic (exact) mass is 214 g/mol. The van der Waals surface area contributed by atoms with Gasteiger partial charge in [-0.3, -0.25) is 4.90 Å². The van der Waals surface area contributed by atoms with E-state index in [1.807, 2.05) is 6.92 Å². The third-order valence-corrected chi connectivity index (χ3v) is 3.13. The number of aliphatic hydroxyl groups is 1. The Balaban J connectivity index is 2.22. The summed E-state index contributed by atoms with van der Waals surface area (Å²) in [5, 5.41) is 13.2. The van der Waals surface area contributed by atoms with E-state index in [0.717, 1.165) is 32.6 Å². The Morgan fingerprint density at radius 3 is 2.93 bits per heavy atom. The molecule has 2 unspecified atom stereocenters. The highest BCUT2D eigenvalue weighted by atomic mass is 16.3. The minimum Gasteiger partial charge on any atom is -0.392 e. The molecule has 3 nitrogen and oxygen atoms in total. The molecule has 0 radical (unpaired) electrons. The lowest BCUT2D eigenvalue weighted by Gasteiger charge is -2.34. The third kappa shape index (κ3) is 4.96. The van der Waals surface area contributed by atoms with Crippen LogP contribution in [-0.4, -0.2) is 48.3 Å². The first kappa shape index (κ1) is 12.9. The molecule has 0 aromatic heterocycles. The topological polar surface area (TPSA) is 35.5 Å². The van der Waals surface area contributed by atoms with Gasteiger partial charge in [0.25, 0.3) is 0 Å². The van der Waals surface area contributed by atoms with Crippen LogP contribution in [0, 0.1) is 0 Å². The average Bonchev–Trinajstić information content (AvgIpc) is 2.26. The zero-order chi connectivity index (χ0) is 11.1. The fourth-order valence-electron chi connectivity index (χ4n) is 2.16. The van der Waals surface area contributed by atoms with Crippen LogP contribution in [0.3, 0.4) is 0 Å². The smallest absolute Gasteiger partial charge is 0.0664 e. The Hall–Kier alpha value is -0.120. The van der Waals surface area contributed by atoms with Gasteiger partial charge in [-0.15, -0.1) is 0 Å². The fourth-order valence-corrected chi connectivity index (χ4v) is 2.16. The molecule has 0 spiro atoms. The molecule has 1 heterocycles. The number of rotatable bonds is 6. The summed E-state index contributed by atoms with van der Waals surface area (Å²) in [6.45, 7) is 8.48. The van der Waals surface area contributed by atoms with Gasteiger partial charge in [0.05, 0.1) is 6.10 Å². The molecule has 15 heavy (non-hydrogen) atoms. The quantitative estimate of drug-likeness (QED) is 0.698. The number of hydrogen-bond donors (Lipinski definition) is 2. The van der Waals surface area contributed by atoms with E-state index < -0.39 is 0 Å². The number of nitrogens with one attached hydrogen (secondary N) is 1. The van der Waals surface area contributed by atoms with Gasteiger partial charge in [0.2, 0.25) is 0 Å². The van der Waals surface area contributed by atoms with Gasteiger partial charge in [0.1, 0.15) is 0 Å². The molecule has 0 aromatic carbocycles. The predicted molar refractivity (Wildman–Crippen MR) is 64.1 cm³/mol. The van der Waals surface area contributed by atoms with Crippen molar-refractivity contribution in [1.29, 1.82) is 0 Å². The summed E-state index contributed by atoms with van der Waals surface area (Å²) >= 11 is 0. The highest BCUT2D eigenvalue weighted by molar-refractivity contribution is 4.79.